The van der Waals surface area contributed by atoms with Gasteiger partial charge in [0.25, 0.3) is 5.91 Å². The first-order valence-corrected chi connectivity index (χ1v) is 12.5. The number of anilines is 1. The first-order chi connectivity index (χ1) is 17.9. The summed E-state index contributed by atoms with van der Waals surface area (Å²) in [7, 11) is 1.55. The number of carbonyl (C=O) groups is 4. The van der Waals surface area contributed by atoms with Gasteiger partial charge in [0.05, 0.1) is 13.5 Å². The van der Waals surface area contributed by atoms with E-state index in [0.29, 0.717) is 29.8 Å². The summed E-state index contributed by atoms with van der Waals surface area (Å²) in [5.41, 5.74) is 6.65. The lowest BCUT2D eigenvalue weighted by Gasteiger charge is -2.34. The van der Waals surface area contributed by atoms with E-state index in [2.05, 4.69) is 10.6 Å². The maximum Gasteiger partial charge on any atom is 0.408 e. The van der Waals surface area contributed by atoms with Gasteiger partial charge in [-0.05, 0) is 70.4 Å². The number of nitrogens with one attached hydrogen (secondary N) is 2. The second-order valence-corrected chi connectivity index (χ2v) is 10.4. The minimum Gasteiger partial charge on any atom is -0.497 e. The van der Waals surface area contributed by atoms with Gasteiger partial charge in [-0.2, -0.15) is 0 Å². The summed E-state index contributed by atoms with van der Waals surface area (Å²) in [6.07, 6.45) is 0.0591. The van der Waals surface area contributed by atoms with Crippen LogP contribution in [0.1, 0.15) is 57.2 Å². The molecule has 0 aliphatic heterocycles. The number of carbonyl (C=O) groups excluding carboxylic acids is 4. The maximum absolute atomic E-state index is 14.0. The quantitative estimate of drug-likeness (QED) is 0.435. The smallest absolute Gasteiger partial charge is 0.408 e. The van der Waals surface area contributed by atoms with Crippen LogP contribution in [0.3, 0.4) is 0 Å². The van der Waals surface area contributed by atoms with E-state index in [4.69, 9.17) is 15.2 Å². The average molecular weight is 525 g/mol. The fourth-order valence-corrected chi connectivity index (χ4v) is 4.07. The highest BCUT2D eigenvalue weighted by Crippen LogP contribution is 2.36. The van der Waals surface area contributed by atoms with Crippen LogP contribution in [0.25, 0.3) is 0 Å². The van der Waals surface area contributed by atoms with Gasteiger partial charge in [-0.15, -0.1) is 0 Å². The molecule has 0 saturated heterocycles. The van der Waals surface area contributed by atoms with Crippen LogP contribution < -0.4 is 21.1 Å². The Balaban J connectivity index is 1.97. The fourth-order valence-electron chi connectivity index (χ4n) is 4.07. The molecule has 2 unspecified atom stereocenters. The van der Waals surface area contributed by atoms with Crippen LogP contribution in [-0.2, 0) is 19.1 Å². The number of amides is 4. The van der Waals surface area contributed by atoms with Crippen molar-refractivity contribution in [3.05, 3.63) is 59.7 Å². The highest BCUT2D eigenvalue weighted by Gasteiger charge is 2.44. The van der Waals surface area contributed by atoms with Gasteiger partial charge in [0, 0.05) is 11.7 Å². The van der Waals surface area contributed by atoms with Crippen LogP contribution in [0.15, 0.2) is 48.5 Å². The van der Waals surface area contributed by atoms with Crippen molar-refractivity contribution in [1.29, 1.82) is 0 Å². The van der Waals surface area contributed by atoms with Crippen molar-refractivity contribution < 1.29 is 28.7 Å². The van der Waals surface area contributed by atoms with Gasteiger partial charge < -0.3 is 30.7 Å². The Bertz CT molecular complexity index is 1170. The number of nitrogens with two attached hydrogens (primary N) is 1. The van der Waals surface area contributed by atoms with Crippen molar-refractivity contribution >= 4 is 29.5 Å². The highest BCUT2D eigenvalue weighted by atomic mass is 16.6. The molecule has 0 aromatic heterocycles. The van der Waals surface area contributed by atoms with Gasteiger partial charge in [-0.25, -0.2) is 4.79 Å². The SMILES string of the molecule is COc1ccc(NC(=O)C(c2cccc(C)c2)N(C(=O)C(CC(N)=O)NC(=O)OC(C)(C)C)C2CC2)cc1. The summed E-state index contributed by atoms with van der Waals surface area (Å²) in [5, 5.41) is 5.38. The molecule has 10 heteroatoms. The van der Waals surface area contributed by atoms with E-state index >= 15 is 0 Å². The van der Waals surface area contributed by atoms with Gasteiger partial charge >= 0.3 is 6.09 Å². The minimum absolute atomic E-state index is 0.245. The first-order valence-electron chi connectivity index (χ1n) is 12.5. The fraction of sp³-hybridized carbons (Fsp3) is 0.429. The lowest BCUT2D eigenvalue weighted by Crippen LogP contribution is -2.54. The predicted molar refractivity (Wildman–Crippen MR) is 142 cm³/mol. The summed E-state index contributed by atoms with van der Waals surface area (Å²) in [6.45, 7) is 6.95. The van der Waals surface area contributed by atoms with E-state index in [1.54, 1.807) is 58.2 Å². The lowest BCUT2D eigenvalue weighted by molar-refractivity contribution is -0.142. The molecule has 38 heavy (non-hydrogen) atoms. The van der Waals surface area contributed by atoms with Crippen molar-refractivity contribution in [2.24, 2.45) is 5.73 Å². The van der Waals surface area contributed by atoms with Crippen molar-refractivity contribution in [2.45, 2.75) is 70.7 Å². The second-order valence-electron chi connectivity index (χ2n) is 10.4. The summed E-state index contributed by atoms with van der Waals surface area (Å²) in [6, 6.07) is 11.6. The zero-order valence-corrected chi connectivity index (χ0v) is 22.4. The van der Waals surface area contributed by atoms with E-state index < -0.39 is 47.9 Å². The Morgan fingerprint density at radius 1 is 1.08 bits per heavy atom. The van der Waals surface area contributed by atoms with Crippen molar-refractivity contribution in [2.75, 3.05) is 12.4 Å². The molecule has 4 amide bonds. The Labute approximate surface area is 222 Å². The number of primary amides is 1. The van der Waals surface area contributed by atoms with E-state index in [0.717, 1.165) is 5.56 Å². The van der Waals surface area contributed by atoms with Gasteiger partial charge in [0.2, 0.25) is 11.8 Å². The summed E-state index contributed by atoms with van der Waals surface area (Å²) < 4.78 is 10.5. The van der Waals surface area contributed by atoms with Crippen molar-refractivity contribution in [1.82, 2.24) is 10.2 Å². The van der Waals surface area contributed by atoms with Gasteiger partial charge in [-0.1, -0.05) is 29.8 Å². The zero-order valence-electron chi connectivity index (χ0n) is 22.4. The molecule has 0 bridgehead atoms. The number of rotatable bonds is 10. The Kier molecular flexibility index (Phi) is 8.98. The van der Waals surface area contributed by atoms with Crippen LogP contribution >= 0.6 is 0 Å². The van der Waals surface area contributed by atoms with Crippen LogP contribution in [0.5, 0.6) is 5.75 Å². The van der Waals surface area contributed by atoms with Crippen molar-refractivity contribution in [3.8, 4) is 5.75 Å². The molecule has 2 aromatic carbocycles. The van der Waals surface area contributed by atoms with E-state index in [-0.39, 0.29) is 6.04 Å². The Morgan fingerprint density at radius 3 is 2.26 bits per heavy atom. The largest absolute Gasteiger partial charge is 0.497 e. The monoisotopic (exact) mass is 524 g/mol. The van der Waals surface area contributed by atoms with Crippen molar-refractivity contribution in [3.63, 3.8) is 0 Å². The molecule has 1 saturated carbocycles. The van der Waals surface area contributed by atoms with E-state index in [1.807, 2.05) is 25.1 Å². The normalized spacial score (nSPS) is 14.6. The van der Waals surface area contributed by atoms with Crippen LogP contribution in [0, 0.1) is 6.92 Å². The summed E-state index contributed by atoms with van der Waals surface area (Å²) in [5.74, 6) is -1.16. The third kappa shape index (κ3) is 7.96. The first kappa shape index (κ1) is 28.5. The Hall–Kier alpha value is -4.08. The number of aryl methyl sites for hydroxylation is 1. The maximum atomic E-state index is 14.0. The molecule has 0 heterocycles. The van der Waals surface area contributed by atoms with Gasteiger partial charge in [0.15, 0.2) is 0 Å². The summed E-state index contributed by atoms with van der Waals surface area (Å²) in [4.78, 5) is 53.6. The van der Waals surface area contributed by atoms with E-state index in [9.17, 15) is 19.2 Å². The molecule has 0 radical (unpaired) electrons. The average Bonchev–Trinajstić information content (AvgIpc) is 3.65. The number of benzene rings is 2. The molecule has 2 aromatic rings. The topological polar surface area (TPSA) is 140 Å². The third-order valence-electron chi connectivity index (χ3n) is 5.83. The molecule has 4 N–H and O–H groups in total. The molecule has 1 fully saturated rings. The van der Waals surface area contributed by atoms with Gasteiger partial charge in [0.1, 0.15) is 23.4 Å². The van der Waals surface area contributed by atoms with Crippen LogP contribution in [-0.4, -0.2) is 53.5 Å². The molecule has 2 atom stereocenters. The minimum atomic E-state index is -1.30. The molecule has 1 aliphatic rings. The molecule has 204 valence electrons. The second kappa shape index (κ2) is 12.0. The van der Waals surface area contributed by atoms with E-state index in [1.165, 1.54) is 4.90 Å². The number of hydrogen-bond donors (Lipinski definition) is 3. The third-order valence-corrected chi connectivity index (χ3v) is 5.83. The van der Waals surface area contributed by atoms with Crippen LogP contribution in [0.4, 0.5) is 10.5 Å². The number of ether oxygens (including phenoxy) is 2. The molecular weight excluding hydrogens is 488 g/mol. The Morgan fingerprint density at radius 2 is 1.74 bits per heavy atom. The number of methoxy groups -OCH3 is 1. The predicted octanol–water partition coefficient (Wildman–Crippen LogP) is 3.44. The standard InChI is InChI=1S/C28H36N4O6/c1-17-7-6-8-18(15-17)24(25(34)30-19-9-13-21(37-5)14-10-19)32(20-11-12-20)26(35)22(16-23(29)33)31-27(36)38-28(2,3)4/h6-10,13-15,20,22,24H,11-12,16H2,1-5H3,(H2,29,33)(H,30,34)(H,31,36). The number of nitrogens with zero attached hydrogens (tertiary/aromatic N) is 1. The highest BCUT2D eigenvalue weighted by molar-refractivity contribution is 6.00. The lowest BCUT2D eigenvalue weighted by atomic mass is 10.00. The number of alkyl carbamates (subject to hydrolysis) is 1. The van der Waals surface area contributed by atoms with Gasteiger partial charge in [-0.3, -0.25) is 14.4 Å². The summed E-state index contributed by atoms with van der Waals surface area (Å²) >= 11 is 0. The van der Waals surface area contributed by atoms with Crippen LogP contribution in [0.2, 0.25) is 0 Å². The molecule has 10 nitrogen and oxygen atoms in total. The molecule has 3 rings (SSSR count). The molecule has 1 aliphatic carbocycles. The molecule has 0 spiro atoms. The molecular formula is C28H36N4O6. The zero-order chi connectivity index (χ0) is 28.0. The number of hydrogen-bond acceptors (Lipinski definition) is 6.